The van der Waals surface area contributed by atoms with Gasteiger partial charge in [-0.3, -0.25) is 9.59 Å². The highest BCUT2D eigenvalue weighted by molar-refractivity contribution is 5.95. The van der Waals surface area contributed by atoms with Gasteiger partial charge >= 0.3 is 0 Å². The summed E-state index contributed by atoms with van der Waals surface area (Å²) in [6.45, 7) is 1.02. The van der Waals surface area contributed by atoms with E-state index in [1.807, 2.05) is 6.07 Å². The molecule has 0 radical (unpaired) electrons. The molecule has 2 aliphatic rings. The Hall–Kier alpha value is -3.44. The average molecular weight is 434 g/mol. The lowest BCUT2D eigenvalue weighted by Gasteiger charge is -2.30. The molecular formula is C24H26N4O4. The summed E-state index contributed by atoms with van der Waals surface area (Å²) in [5.74, 6) is -0.413. The molecule has 166 valence electrons. The van der Waals surface area contributed by atoms with E-state index >= 15 is 0 Å². The predicted octanol–water partition coefficient (Wildman–Crippen LogP) is 2.44. The molecule has 0 spiro atoms. The molecule has 0 saturated heterocycles. The Morgan fingerprint density at radius 1 is 1.25 bits per heavy atom. The maximum atomic E-state index is 12.6. The van der Waals surface area contributed by atoms with Crippen molar-refractivity contribution in [1.82, 2.24) is 10.3 Å². The largest absolute Gasteiger partial charge is 0.474 e. The van der Waals surface area contributed by atoms with Crippen LogP contribution in [0.5, 0.6) is 5.88 Å². The number of ether oxygens (including phenoxy) is 2. The van der Waals surface area contributed by atoms with E-state index in [4.69, 9.17) is 20.5 Å². The molecule has 1 fully saturated rings. The topological polar surface area (TPSA) is 127 Å². The molecular weight excluding hydrogens is 408 g/mol. The van der Waals surface area contributed by atoms with E-state index in [0.717, 1.165) is 42.5 Å². The molecule has 1 aromatic carbocycles. The Morgan fingerprint density at radius 2 is 2.06 bits per heavy atom. The van der Waals surface area contributed by atoms with Crippen LogP contribution < -0.4 is 15.8 Å². The first kappa shape index (κ1) is 21.8. The SMILES string of the molecule is N#CCc1cccc(C(=O)NC2CCC(Oc3nc4c(cc3C(N)=O)COCC4)CC2)c1. The number of hydrogen-bond acceptors (Lipinski definition) is 6. The number of fused-ring (bicyclic) bond motifs is 1. The number of rotatable bonds is 6. The van der Waals surface area contributed by atoms with Crippen molar-refractivity contribution in [1.29, 1.82) is 5.26 Å². The number of aromatic nitrogens is 1. The molecule has 2 aromatic rings. The van der Waals surface area contributed by atoms with E-state index in [2.05, 4.69) is 16.4 Å². The molecule has 8 nitrogen and oxygen atoms in total. The summed E-state index contributed by atoms with van der Waals surface area (Å²) in [5.41, 5.74) is 8.98. The van der Waals surface area contributed by atoms with Gasteiger partial charge in [0, 0.05) is 23.6 Å². The second kappa shape index (κ2) is 9.79. The Morgan fingerprint density at radius 3 is 2.81 bits per heavy atom. The van der Waals surface area contributed by atoms with Gasteiger partial charge in [-0.15, -0.1) is 0 Å². The third-order valence-electron chi connectivity index (χ3n) is 5.92. The van der Waals surface area contributed by atoms with Crippen LogP contribution in [-0.4, -0.2) is 35.6 Å². The summed E-state index contributed by atoms with van der Waals surface area (Å²) in [4.78, 5) is 29.1. The lowest BCUT2D eigenvalue weighted by Crippen LogP contribution is -2.40. The van der Waals surface area contributed by atoms with Crippen molar-refractivity contribution in [2.24, 2.45) is 5.73 Å². The average Bonchev–Trinajstić information content (AvgIpc) is 2.80. The number of carbonyl (C=O) groups excluding carboxylic acids is 2. The van der Waals surface area contributed by atoms with Crippen LogP contribution in [0.1, 0.15) is 63.2 Å². The lowest BCUT2D eigenvalue weighted by molar-refractivity contribution is 0.0875. The fourth-order valence-electron chi connectivity index (χ4n) is 4.20. The Kier molecular flexibility index (Phi) is 6.66. The van der Waals surface area contributed by atoms with Gasteiger partial charge in [0.1, 0.15) is 11.7 Å². The van der Waals surface area contributed by atoms with Gasteiger partial charge in [0.05, 0.1) is 31.4 Å². The summed E-state index contributed by atoms with van der Waals surface area (Å²) in [6, 6.07) is 11.0. The Balaban J connectivity index is 1.35. The van der Waals surface area contributed by atoms with Crippen LogP contribution in [-0.2, 0) is 24.2 Å². The van der Waals surface area contributed by atoms with Gasteiger partial charge in [-0.2, -0.15) is 5.26 Å². The van der Waals surface area contributed by atoms with Crippen LogP contribution in [0.15, 0.2) is 30.3 Å². The molecule has 4 rings (SSSR count). The molecule has 0 unspecified atom stereocenters. The van der Waals surface area contributed by atoms with Crippen molar-refractivity contribution in [2.45, 2.75) is 57.3 Å². The number of pyridine rings is 1. The van der Waals surface area contributed by atoms with Gasteiger partial charge < -0.3 is 20.5 Å². The van der Waals surface area contributed by atoms with Gasteiger partial charge in [-0.25, -0.2) is 4.98 Å². The van der Waals surface area contributed by atoms with E-state index in [1.54, 1.807) is 24.3 Å². The number of hydrogen-bond donors (Lipinski definition) is 2. The highest BCUT2D eigenvalue weighted by atomic mass is 16.5. The normalized spacial score (nSPS) is 20.0. The van der Waals surface area contributed by atoms with E-state index < -0.39 is 5.91 Å². The molecule has 0 bridgehead atoms. The summed E-state index contributed by atoms with van der Waals surface area (Å²) < 4.78 is 11.5. The molecule has 1 aliphatic carbocycles. The van der Waals surface area contributed by atoms with Crippen molar-refractivity contribution >= 4 is 11.8 Å². The number of amides is 2. The zero-order valence-electron chi connectivity index (χ0n) is 17.8. The lowest BCUT2D eigenvalue weighted by atomic mass is 9.92. The van der Waals surface area contributed by atoms with Gasteiger partial charge in [0.15, 0.2) is 0 Å². The van der Waals surface area contributed by atoms with Crippen molar-refractivity contribution < 1.29 is 19.1 Å². The van der Waals surface area contributed by atoms with Crippen LogP contribution in [0.3, 0.4) is 0 Å². The quantitative estimate of drug-likeness (QED) is 0.719. The first-order valence-corrected chi connectivity index (χ1v) is 10.9. The standard InChI is InChI=1S/C24H26N4O4/c25-10-8-15-2-1-3-16(12-15)23(30)27-18-4-6-19(7-5-18)32-24-20(22(26)29)13-17-14-31-11-9-21(17)28-24/h1-3,12-13,18-19H,4-9,11,14H2,(H2,26,29)(H,27,30). The minimum absolute atomic E-state index is 0.0474. The fourth-order valence-corrected chi connectivity index (χ4v) is 4.20. The van der Waals surface area contributed by atoms with Crippen molar-refractivity contribution in [3.8, 4) is 11.9 Å². The molecule has 2 heterocycles. The maximum Gasteiger partial charge on any atom is 0.254 e. The predicted molar refractivity (Wildman–Crippen MR) is 116 cm³/mol. The van der Waals surface area contributed by atoms with Crippen LogP contribution in [0.2, 0.25) is 0 Å². The van der Waals surface area contributed by atoms with Gasteiger partial charge in [0.25, 0.3) is 11.8 Å². The number of nitrogens with one attached hydrogen (secondary N) is 1. The van der Waals surface area contributed by atoms with Crippen molar-refractivity contribution in [3.05, 3.63) is 58.3 Å². The monoisotopic (exact) mass is 434 g/mol. The molecule has 2 amide bonds. The minimum Gasteiger partial charge on any atom is -0.474 e. The summed E-state index contributed by atoms with van der Waals surface area (Å²) in [5, 5.41) is 11.9. The van der Waals surface area contributed by atoms with Gasteiger partial charge in [0.2, 0.25) is 5.88 Å². The van der Waals surface area contributed by atoms with E-state index in [1.165, 1.54) is 0 Å². The number of nitrogens with two attached hydrogens (primary N) is 1. The zero-order chi connectivity index (χ0) is 22.5. The molecule has 3 N–H and O–H groups in total. The maximum absolute atomic E-state index is 12.6. The molecule has 8 heteroatoms. The van der Waals surface area contributed by atoms with Crippen molar-refractivity contribution in [2.75, 3.05) is 6.61 Å². The molecule has 32 heavy (non-hydrogen) atoms. The van der Waals surface area contributed by atoms with E-state index in [-0.39, 0.29) is 30.0 Å². The molecule has 0 atom stereocenters. The Bertz CT molecular complexity index is 1050. The first-order valence-electron chi connectivity index (χ1n) is 10.9. The highest BCUT2D eigenvalue weighted by Gasteiger charge is 2.27. The third-order valence-corrected chi connectivity index (χ3v) is 5.92. The zero-order valence-corrected chi connectivity index (χ0v) is 17.8. The number of nitriles is 1. The fraction of sp³-hybridized carbons (Fsp3) is 0.417. The molecule has 1 aromatic heterocycles. The van der Waals surface area contributed by atoms with Crippen LogP contribution in [0.25, 0.3) is 0 Å². The second-order valence-corrected chi connectivity index (χ2v) is 8.21. The minimum atomic E-state index is -0.569. The summed E-state index contributed by atoms with van der Waals surface area (Å²) >= 11 is 0. The van der Waals surface area contributed by atoms with E-state index in [0.29, 0.717) is 31.1 Å². The third kappa shape index (κ3) is 5.06. The van der Waals surface area contributed by atoms with Crippen LogP contribution >= 0.6 is 0 Å². The number of primary amides is 1. The number of benzene rings is 1. The molecule has 1 saturated carbocycles. The van der Waals surface area contributed by atoms with Crippen molar-refractivity contribution in [3.63, 3.8) is 0 Å². The van der Waals surface area contributed by atoms with Gasteiger partial charge in [-0.1, -0.05) is 12.1 Å². The smallest absolute Gasteiger partial charge is 0.254 e. The summed E-state index contributed by atoms with van der Waals surface area (Å²) in [7, 11) is 0. The number of nitrogens with zero attached hydrogens (tertiary/aromatic N) is 2. The second-order valence-electron chi connectivity index (χ2n) is 8.21. The van der Waals surface area contributed by atoms with Crippen LogP contribution in [0, 0.1) is 11.3 Å². The van der Waals surface area contributed by atoms with Crippen LogP contribution in [0.4, 0.5) is 0 Å². The number of carbonyl (C=O) groups is 2. The first-order chi connectivity index (χ1) is 15.5. The van der Waals surface area contributed by atoms with E-state index in [9.17, 15) is 9.59 Å². The Labute approximate surface area is 186 Å². The van der Waals surface area contributed by atoms with Gasteiger partial charge in [-0.05, 0) is 49.4 Å². The molecule has 1 aliphatic heterocycles. The highest BCUT2D eigenvalue weighted by Crippen LogP contribution is 2.28. The summed E-state index contributed by atoms with van der Waals surface area (Å²) in [6.07, 6.45) is 3.86.